The molecule has 3 heterocycles. The lowest BCUT2D eigenvalue weighted by Gasteiger charge is -2.08. The third-order valence-electron chi connectivity index (χ3n) is 4.18. The minimum atomic E-state index is -0.810. The van der Waals surface area contributed by atoms with E-state index in [1.54, 1.807) is 36.4 Å². The van der Waals surface area contributed by atoms with Gasteiger partial charge in [0.05, 0.1) is 28.2 Å². The number of rotatable bonds is 5. The Morgan fingerprint density at radius 3 is 2.67 bits per heavy atom. The first-order valence-electron chi connectivity index (χ1n) is 8.68. The van der Waals surface area contributed by atoms with Crippen LogP contribution in [-0.4, -0.2) is 30.5 Å². The highest BCUT2D eigenvalue weighted by Crippen LogP contribution is 2.21. The van der Waals surface area contributed by atoms with Gasteiger partial charge in [-0.25, -0.2) is 18.9 Å². The molecule has 0 bridgehead atoms. The van der Waals surface area contributed by atoms with Crippen LogP contribution in [0.3, 0.4) is 0 Å². The van der Waals surface area contributed by atoms with Crippen LogP contribution in [0.2, 0.25) is 5.02 Å². The molecule has 0 radical (unpaired) electrons. The zero-order chi connectivity index (χ0) is 21.3. The van der Waals surface area contributed by atoms with Crippen molar-refractivity contribution in [1.82, 2.24) is 24.5 Å². The zero-order valence-electron chi connectivity index (χ0n) is 15.5. The average Bonchev–Trinajstić information content (AvgIpc) is 3.32. The van der Waals surface area contributed by atoms with E-state index in [2.05, 4.69) is 20.5 Å². The molecule has 0 aliphatic heterocycles. The van der Waals surface area contributed by atoms with Crippen LogP contribution in [-0.2, 0) is 13.7 Å². The topological polar surface area (TPSA) is 108 Å². The molecule has 0 unspecified atom stereocenters. The van der Waals surface area contributed by atoms with Gasteiger partial charge in [0.1, 0.15) is 12.5 Å². The highest BCUT2D eigenvalue weighted by atomic mass is 35.5. The number of hydrogen-bond donors (Lipinski definition) is 1. The van der Waals surface area contributed by atoms with Crippen molar-refractivity contribution in [1.29, 1.82) is 0 Å². The highest BCUT2D eigenvalue weighted by molar-refractivity contribution is 6.34. The Morgan fingerprint density at radius 2 is 2.03 bits per heavy atom. The molecule has 0 spiro atoms. The van der Waals surface area contributed by atoms with E-state index in [1.165, 1.54) is 24.0 Å². The molecule has 0 fully saturated rings. The fraction of sp³-hybridized carbons (Fsp3) is 0.105. The molecule has 0 aliphatic rings. The molecule has 1 aromatic carbocycles. The van der Waals surface area contributed by atoms with Gasteiger partial charge >= 0.3 is 5.76 Å². The maximum Gasteiger partial charge on any atom is 0.437 e. The van der Waals surface area contributed by atoms with Gasteiger partial charge in [-0.3, -0.25) is 4.79 Å². The summed E-state index contributed by atoms with van der Waals surface area (Å²) in [6.07, 6.45) is 1.42. The minimum Gasteiger partial charge on any atom is -0.386 e. The Morgan fingerprint density at radius 1 is 1.23 bits per heavy atom. The van der Waals surface area contributed by atoms with Gasteiger partial charge in [0.2, 0.25) is 0 Å². The quantitative estimate of drug-likeness (QED) is 0.523. The van der Waals surface area contributed by atoms with Gasteiger partial charge in [0.25, 0.3) is 11.8 Å². The molecule has 9 nitrogen and oxygen atoms in total. The predicted octanol–water partition coefficient (Wildman–Crippen LogP) is 3.00. The van der Waals surface area contributed by atoms with Gasteiger partial charge in [-0.1, -0.05) is 23.7 Å². The average molecular weight is 429 g/mol. The van der Waals surface area contributed by atoms with Crippen LogP contribution in [0.25, 0.3) is 17.3 Å². The maximum atomic E-state index is 13.5. The minimum absolute atomic E-state index is 0.0208. The molecule has 1 N–H and O–H groups in total. The summed E-state index contributed by atoms with van der Waals surface area (Å²) >= 11 is 6.03. The first kappa shape index (κ1) is 19.5. The summed E-state index contributed by atoms with van der Waals surface area (Å²) in [6.45, 7) is -0.810. The number of aryl methyl sites for hydroxylation is 1. The lowest BCUT2D eigenvalue weighted by Crippen LogP contribution is -2.13. The molecule has 0 aliphatic carbocycles. The van der Waals surface area contributed by atoms with E-state index in [4.69, 9.17) is 16.0 Å². The Hall–Kier alpha value is -3.79. The standard InChI is InChI=1S/C19H14ClFN6O3/c1-26-19(29)30-18(25-26)15-8-12(9-21)27(24-15)11-6-7-16(22-10-11)23-17(28)13-4-2-3-5-14(13)20/h2-8,10H,9H2,1H3,(H,22,23,28). The van der Waals surface area contributed by atoms with E-state index < -0.39 is 18.3 Å². The molecule has 4 aromatic rings. The van der Waals surface area contributed by atoms with Crippen molar-refractivity contribution in [2.45, 2.75) is 6.67 Å². The largest absolute Gasteiger partial charge is 0.437 e. The number of benzene rings is 1. The number of carbonyl (C=O) groups excluding carboxylic acids is 1. The van der Waals surface area contributed by atoms with Crippen molar-refractivity contribution in [3.05, 3.63) is 75.5 Å². The molecule has 1 amide bonds. The molecular formula is C19H14ClFN6O3. The first-order valence-corrected chi connectivity index (χ1v) is 9.06. The number of alkyl halides is 1. The Labute approximate surface area is 173 Å². The van der Waals surface area contributed by atoms with E-state index in [9.17, 15) is 14.0 Å². The predicted molar refractivity (Wildman–Crippen MR) is 106 cm³/mol. The number of nitrogens with one attached hydrogen (secondary N) is 1. The third kappa shape index (κ3) is 3.72. The normalized spacial score (nSPS) is 10.9. The van der Waals surface area contributed by atoms with Gasteiger partial charge in [-0.05, 0) is 30.3 Å². The van der Waals surface area contributed by atoms with Crippen LogP contribution >= 0.6 is 11.6 Å². The van der Waals surface area contributed by atoms with Crippen LogP contribution in [0, 0.1) is 0 Å². The molecule has 152 valence electrons. The zero-order valence-corrected chi connectivity index (χ0v) is 16.3. The summed E-state index contributed by atoms with van der Waals surface area (Å²) in [5, 5.41) is 11.1. The lowest BCUT2D eigenvalue weighted by molar-refractivity contribution is 0.102. The number of aromatic nitrogens is 5. The van der Waals surface area contributed by atoms with Crippen molar-refractivity contribution >= 4 is 23.3 Å². The number of halogens is 2. The van der Waals surface area contributed by atoms with Crippen molar-refractivity contribution < 1.29 is 13.6 Å². The van der Waals surface area contributed by atoms with Gasteiger partial charge in [0.15, 0.2) is 5.69 Å². The van der Waals surface area contributed by atoms with Crippen LogP contribution in [0.4, 0.5) is 10.2 Å². The fourth-order valence-corrected chi connectivity index (χ4v) is 2.93. The fourth-order valence-electron chi connectivity index (χ4n) is 2.71. The summed E-state index contributed by atoms with van der Waals surface area (Å²) in [4.78, 5) is 28.0. The molecule has 4 rings (SSSR count). The van der Waals surface area contributed by atoms with E-state index in [0.29, 0.717) is 16.3 Å². The van der Waals surface area contributed by atoms with Crippen LogP contribution < -0.4 is 11.1 Å². The molecule has 0 atom stereocenters. The molecular weight excluding hydrogens is 415 g/mol. The SMILES string of the molecule is Cn1nc(-c2cc(CF)n(-c3ccc(NC(=O)c4ccccc4Cl)nc3)n2)oc1=O. The Bertz CT molecular complexity index is 1280. The number of hydrogen-bond acceptors (Lipinski definition) is 6. The van der Waals surface area contributed by atoms with Gasteiger partial charge in [-0.15, -0.1) is 5.10 Å². The summed E-state index contributed by atoms with van der Waals surface area (Å²) in [5.41, 5.74) is 1.19. The number of pyridine rings is 1. The lowest BCUT2D eigenvalue weighted by atomic mass is 10.2. The highest BCUT2D eigenvalue weighted by Gasteiger charge is 2.17. The van der Waals surface area contributed by atoms with Gasteiger partial charge in [0, 0.05) is 7.05 Å². The maximum absolute atomic E-state index is 13.5. The van der Waals surface area contributed by atoms with Crippen LogP contribution in [0.1, 0.15) is 16.1 Å². The van der Waals surface area contributed by atoms with E-state index >= 15 is 0 Å². The number of amides is 1. The molecule has 11 heteroatoms. The second kappa shape index (κ2) is 7.91. The molecule has 30 heavy (non-hydrogen) atoms. The van der Waals surface area contributed by atoms with Gasteiger partial charge in [-0.2, -0.15) is 9.78 Å². The summed E-state index contributed by atoms with van der Waals surface area (Å²) in [7, 11) is 1.43. The van der Waals surface area contributed by atoms with E-state index in [-0.39, 0.29) is 23.1 Å². The monoisotopic (exact) mass is 428 g/mol. The third-order valence-corrected chi connectivity index (χ3v) is 4.51. The number of anilines is 1. The summed E-state index contributed by atoms with van der Waals surface area (Å²) < 4.78 is 20.8. The van der Waals surface area contributed by atoms with Crippen molar-refractivity contribution in [2.24, 2.45) is 7.05 Å². The van der Waals surface area contributed by atoms with Gasteiger partial charge < -0.3 is 9.73 Å². The van der Waals surface area contributed by atoms with Crippen LogP contribution in [0.5, 0.6) is 0 Å². The number of nitrogens with zero attached hydrogens (tertiary/aromatic N) is 5. The smallest absolute Gasteiger partial charge is 0.386 e. The molecule has 3 aromatic heterocycles. The van der Waals surface area contributed by atoms with E-state index in [1.807, 2.05) is 0 Å². The van der Waals surface area contributed by atoms with Crippen LogP contribution in [0.15, 0.2) is 57.9 Å². The molecule has 0 saturated heterocycles. The molecule has 0 saturated carbocycles. The first-order chi connectivity index (χ1) is 14.5. The Kier molecular flexibility index (Phi) is 5.15. The van der Waals surface area contributed by atoms with Crippen molar-refractivity contribution in [2.75, 3.05) is 5.32 Å². The van der Waals surface area contributed by atoms with E-state index in [0.717, 1.165) is 4.68 Å². The number of carbonyl (C=O) groups is 1. The summed E-state index contributed by atoms with van der Waals surface area (Å²) in [6, 6.07) is 11.2. The second-order valence-electron chi connectivity index (χ2n) is 6.20. The summed E-state index contributed by atoms with van der Waals surface area (Å²) in [5.74, 6) is -0.792. The van der Waals surface area contributed by atoms with Crippen molar-refractivity contribution in [3.63, 3.8) is 0 Å². The Balaban J connectivity index is 1.59. The van der Waals surface area contributed by atoms with Crippen molar-refractivity contribution in [3.8, 4) is 17.3 Å². The second-order valence-corrected chi connectivity index (χ2v) is 6.61.